The molecule has 0 spiro atoms. The Morgan fingerprint density at radius 3 is 2.41 bits per heavy atom. The third-order valence-electron chi connectivity index (χ3n) is 3.17. The number of benzene rings is 1. The van der Waals surface area contributed by atoms with Crippen molar-refractivity contribution in [2.45, 2.75) is 38.3 Å². The molecule has 3 N–H and O–H groups in total. The van der Waals surface area contributed by atoms with E-state index in [-0.39, 0.29) is 11.8 Å². The Morgan fingerprint density at radius 1 is 1.27 bits per heavy atom. The first kappa shape index (κ1) is 18.7. The van der Waals surface area contributed by atoms with Gasteiger partial charge in [-0.25, -0.2) is 0 Å². The lowest BCUT2D eigenvalue weighted by Crippen LogP contribution is -2.32. The second-order valence-electron chi connectivity index (χ2n) is 5.01. The molecular formula is C15H20Cl2N2O3. The quantitative estimate of drug-likeness (QED) is 0.707. The van der Waals surface area contributed by atoms with E-state index in [0.717, 1.165) is 0 Å². The number of carbonyl (C=O) groups is 2. The fraction of sp³-hybridized carbons (Fsp3) is 0.467. The van der Waals surface area contributed by atoms with E-state index in [1.165, 1.54) is 7.11 Å². The maximum atomic E-state index is 12.1. The van der Waals surface area contributed by atoms with Gasteiger partial charge in [-0.1, -0.05) is 23.2 Å². The van der Waals surface area contributed by atoms with Gasteiger partial charge in [0.15, 0.2) is 5.78 Å². The minimum absolute atomic E-state index is 0.0214. The van der Waals surface area contributed by atoms with E-state index in [2.05, 4.69) is 10.1 Å². The molecule has 0 bridgehead atoms. The van der Waals surface area contributed by atoms with Crippen molar-refractivity contribution < 1.29 is 14.3 Å². The fourth-order valence-corrected chi connectivity index (χ4v) is 2.48. The Bertz CT molecular complexity index is 517. The molecule has 2 atom stereocenters. The van der Waals surface area contributed by atoms with Gasteiger partial charge >= 0.3 is 5.97 Å². The maximum absolute atomic E-state index is 12.1. The first-order chi connectivity index (χ1) is 10.3. The molecule has 22 heavy (non-hydrogen) atoms. The summed E-state index contributed by atoms with van der Waals surface area (Å²) >= 11 is 11.8. The number of ketones is 1. The lowest BCUT2D eigenvalue weighted by molar-refractivity contribution is -0.142. The van der Waals surface area contributed by atoms with Crippen molar-refractivity contribution in [2.24, 2.45) is 5.73 Å². The molecule has 5 nitrogen and oxygen atoms in total. The van der Waals surface area contributed by atoms with Gasteiger partial charge in [0.1, 0.15) is 6.04 Å². The third kappa shape index (κ3) is 6.22. The average molecular weight is 347 g/mol. The highest BCUT2D eigenvalue weighted by Gasteiger charge is 2.16. The number of Topliss-reactive ketones (excluding diaryl/α,β-unsaturated/α-hetero) is 1. The number of methoxy groups -OCH3 is 1. The SMILES string of the molecule is COC(=O)C(N)CCCC(=O)[C@H](C)Nc1cc(Cl)cc(Cl)c1. The highest BCUT2D eigenvalue weighted by molar-refractivity contribution is 6.35. The highest BCUT2D eigenvalue weighted by Crippen LogP contribution is 2.23. The Labute approximate surface area is 140 Å². The van der Waals surface area contributed by atoms with E-state index in [0.29, 0.717) is 35.0 Å². The van der Waals surface area contributed by atoms with Crippen molar-refractivity contribution in [3.8, 4) is 0 Å². The standard InChI is InChI=1S/C15H20Cl2N2O3/c1-9(19-12-7-10(16)6-11(17)8-12)14(20)5-3-4-13(18)15(21)22-2/h6-9,13,19H,3-5,18H2,1-2H3/t9-,13?/m0/s1. The molecule has 0 heterocycles. The number of esters is 1. The van der Waals surface area contributed by atoms with Gasteiger partial charge in [0, 0.05) is 22.2 Å². The molecule has 0 radical (unpaired) electrons. The van der Waals surface area contributed by atoms with Crippen LogP contribution in [-0.2, 0) is 14.3 Å². The predicted molar refractivity (Wildman–Crippen MR) is 88.4 cm³/mol. The molecule has 0 aliphatic carbocycles. The van der Waals surface area contributed by atoms with Crippen molar-refractivity contribution in [1.29, 1.82) is 0 Å². The van der Waals surface area contributed by atoms with E-state index < -0.39 is 12.0 Å². The summed E-state index contributed by atoms with van der Waals surface area (Å²) in [6, 6.07) is 3.95. The Morgan fingerprint density at radius 2 is 1.86 bits per heavy atom. The van der Waals surface area contributed by atoms with Crippen LogP contribution < -0.4 is 11.1 Å². The van der Waals surface area contributed by atoms with Crippen molar-refractivity contribution in [2.75, 3.05) is 12.4 Å². The van der Waals surface area contributed by atoms with E-state index >= 15 is 0 Å². The number of hydrogen-bond acceptors (Lipinski definition) is 5. The minimum atomic E-state index is -0.687. The van der Waals surface area contributed by atoms with Crippen molar-refractivity contribution >= 4 is 40.6 Å². The number of anilines is 1. The first-order valence-corrected chi connectivity index (χ1v) is 7.68. The van der Waals surface area contributed by atoms with Gasteiger partial charge in [0.05, 0.1) is 13.2 Å². The molecule has 122 valence electrons. The van der Waals surface area contributed by atoms with E-state index in [1.807, 2.05) is 0 Å². The van der Waals surface area contributed by atoms with E-state index in [1.54, 1.807) is 25.1 Å². The fourth-order valence-electron chi connectivity index (χ4n) is 1.95. The lowest BCUT2D eigenvalue weighted by Gasteiger charge is -2.15. The van der Waals surface area contributed by atoms with Crippen molar-refractivity contribution in [1.82, 2.24) is 0 Å². The molecule has 1 aromatic rings. The molecule has 0 aliphatic rings. The van der Waals surface area contributed by atoms with Gasteiger partial charge in [-0.3, -0.25) is 9.59 Å². The Kier molecular flexibility index (Phi) is 7.65. The Hall–Kier alpha value is -1.30. The van der Waals surface area contributed by atoms with Gasteiger partial charge in [-0.05, 0) is 38.0 Å². The summed E-state index contributed by atoms with van der Waals surface area (Å²) < 4.78 is 4.53. The summed E-state index contributed by atoms with van der Waals surface area (Å²) in [5, 5.41) is 4.05. The van der Waals surface area contributed by atoms with Crippen LogP contribution in [-0.4, -0.2) is 30.9 Å². The van der Waals surface area contributed by atoms with Crippen LogP contribution in [0.3, 0.4) is 0 Å². The smallest absolute Gasteiger partial charge is 0.322 e. The number of nitrogens with one attached hydrogen (secondary N) is 1. The number of halogens is 2. The molecule has 1 aromatic carbocycles. The van der Waals surface area contributed by atoms with Gasteiger partial charge in [0.2, 0.25) is 0 Å². The topological polar surface area (TPSA) is 81.4 Å². The number of carbonyl (C=O) groups excluding carboxylic acids is 2. The molecular weight excluding hydrogens is 327 g/mol. The molecule has 0 fully saturated rings. The monoisotopic (exact) mass is 346 g/mol. The molecule has 0 saturated carbocycles. The normalized spacial score (nSPS) is 13.3. The van der Waals surface area contributed by atoms with Crippen LogP contribution in [0.5, 0.6) is 0 Å². The number of hydrogen-bond donors (Lipinski definition) is 2. The number of ether oxygens (including phenoxy) is 1. The zero-order valence-electron chi connectivity index (χ0n) is 12.6. The molecule has 7 heteroatoms. The largest absolute Gasteiger partial charge is 0.468 e. The first-order valence-electron chi connectivity index (χ1n) is 6.92. The number of nitrogens with two attached hydrogens (primary N) is 1. The molecule has 0 aromatic heterocycles. The second kappa shape index (κ2) is 8.98. The summed E-state index contributed by atoms with van der Waals surface area (Å²) in [5.41, 5.74) is 6.30. The zero-order chi connectivity index (χ0) is 16.7. The summed E-state index contributed by atoms with van der Waals surface area (Å²) in [5.74, 6) is -0.444. The summed E-state index contributed by atoms with van der Waals surface area (Å²) in [6.45, 7) is 1.76. The molecule has 1 unspecified atom stereocenters. The van der Waals surface area contributed by atoms with Crippen LogP contribution in [0.4, 0.5) is 5.69 Å². The van der Waals surface area contributed by atoms with Crippen LogP contribution in [0.2, 0.25) is 10.0 Å². The maximum Gasteiger partial charge on any atom is 0.322 e. The van der Waals surface area contributed by atoms with Crippen LogP contribution in [0.15, 0.2) is 18.2 Å². The summed E-state index contributed by atoms with van der Waals surface area (Å²) in [4.78, 5) is 23.2. The van der Waals surface area contributed by atoms with Crippen LogP contribution in [0.25, 0.3) is 0 Å². The van der Waals surface area contributed by atoms with Gasteiger partial charge in [-0.2, -0.15) is 0 Å². The van der Waals surface area contributed by atoms with Crippen molar-refractivity contribution in [3.63, 3.8) is 0 Å². The second-order valence-corrected chi connectivity index (χ2v) is 5.89. The van der Waals surface area contributed by atoms with Gasteiger partial charge < -0.3 is 15.8 Å². The van der Waals surface area contributed by atoms with Crippen LogP contribution >= 0.6 is 23.2 Å². The summed E-state index contributed by atoms with van der Waals surface area (Å²) in [6.07, 6.45) is 1.26. The van der Waals surface area contributed by atoms with Gasteiger partial charge in [-0.15, -0.1) is 0 Å². The molecule has 0 aliphatic heterocycles. The Balaban J connectivity index is 2.43. The summed E-state index contributed by atoms with van der Waals surface area (Å²) in [7, 11) is 1.29. The van der Waals surface area contributed by atoms with E-state index in [4.69, 9.17) is 28.9 Å². The average Bonchev–Trinajstić information content (AvgIpc) is 2.44. The van der Waals surface area contributed by atoms with Crippen molar-refractivity contribution in [3.05, 3.63) is 28.2 Å². The van der Waals surface area contributed by atoms with E-state index in [9.17, 15) is 9.59 Å². The highest BCUT2D eigenvalue weighted by atomic mass is 35.5. The molecule has 0 saturated heterocycles. The predicted octanol–water partition coefficient (Wildman–Crippen LogP) is 3.03. The lowest BCUT2D eigenvalue weighted by atomic mass is 10.0. The zero-order valence-corrected chi connectivity index (χ0v) is 14.1. The van der Waals surface area contributed by atoms with Crippen LogP contribution in [0.1, 0.15) is 26.2 Å². The van der Waals surface area contributed by atoms with Gasteiger partial charge in [0.25, 0.3) is 0 Å². The number of rotatable bonds is 8. The van der Waals surface area contributed by atoms with Crippen LogP contribution in [0, 0.1) is 0 Å². The molecule has 1 rings (SSSR count). The molecule has 0 amide bonds. The minimum Gasteiger partial charge on any atom is -0.468 e. The third-order valence-corrected chi connectivity index (χ3v) is 3.61.